The van der Waals surface area contributed by atoms with Gasteiger partial charge >= 0.3 is 6.03 Å². The van der Waals surface area contributed by atoms with Crippen molar-refractivity contribution in [3.8, 4) is 0 Å². The Kier molecular flexibility index (Phi) is 10.9. The van der Waals surface area contributed by atoms with E-state index in [0.29, 0.717) is 12.5 Å². The average molecular weight is 467 g/mol. The first-order chi connectivity index (χ1) is 16.5. The monoisotopic (exact) mass is 466 g/mol. The smallest absolute Gasteiger partial charge is 0.317 e. The molecule has 2 aromatic carbocycles. The Bertz CT molecular complexity index is 835. The lowest BCUT2D eigenvalue weighted by molar-refractivity contribution is 0.0364. The van der Waals surface area contributed by atoms with Gasteiger partial charge in [0.25, 0.3) is 0 Å². The first-order valence-corrected chi connectivity index (χ1v) is 12.7. The summed E-state index contributed by atoms with van der Waals surface area (Å²) in [5.74, 6) is 0.404. The van der Waals surface area contributed by atoms with Gasteiger partial charge in [0.2, 0.25) is 0 Å². The van der Waals surface area contributed by atoms with Gasteiger partial charge in [0, 0.05) is 51.9 Å². The SMILES string of the molecule is CC(C)C(C)NC(=O)N(CCCN1CCOCC1)Cc1ccc(CNCc2ccccc2)cc1. The number of benzene rings is 2. The largest absolute Gasteiger partial charge is 0.379 e. The van der Waals surface area contributed by atoms with Gasteiger partial charge in [-0.25, -0.2) is 4.79 Å². The first-order valence-electron chi connectivity index (χ1n) is 12.7. The standard InChI is InChI=1S/C28H42N4O2/c1-23(2)24(3)30-28(33)32(15-7-14-31-16-18-34-19-17-31)22-27-12-10-26(11-13-27)21-29-20-25-8-5-4-6-9-25/h4-6,8-13,23-24,29H,7,14-22H2,1-3H3,(H,30,33). The van der Waals surface area contributed by atoms with Crippen LogP contribution < -0.4 is 10.6 Å². The third-order valence-corrected chi connectivity index (χ3v) is 6.54. The summed E-state index contributed by atoms with van der Waals surface area (Å²) in [5, 5.41) is 6.69. The van der Waals surface area contributed by atoms with Crippen LogP contribution in [0.3, 0.4) is 0 Å². The lowest BCUT2D eigenvalue weighted by Crippen LogP contribution is -2.46. The molecule has 0 radical (unpaired) electrons. The number of amides is 2. The van der Waals surface area contributed by atoms with Crippen LogP contribution in [0.2, 0.25) is 0 Å². The zero-order valence-corrected chi connectivity index (χ0v) is 21.1. The highest BCUT2D eigenvalue weighted by molar-refractivity contribution is 5.74. The van der Waals surface area contributed by atoms with Crippen molar-refractivity contribution in [2.45, 2.75) is 52.9 Å². The van der Waals surface area contributed by atoms with Crippen LogP contribution in [0.25, 0.3) is 0 Å². The minimum absolute atomic E-state index is 0.0248. The lowest BCUT2D eigenvalue weighted by Gasteiger charge is -2.29. The minimum atomic E-state index is 0.0248. The molecule has 0 aromatic heterocycles. The molecule has 2 amide bonds. The zero-order valence-electron chi connectivity index (χ0n) is 21.1. The van der Waals surface area contributed by atoms with Crippen molar-refractivity contribution in [3.05, 3.63) is 71.3 Å². The summed E-state index contributed by atoms with van der Waals surface area (Å²) >= 11 is 0. The van der Waals surface area contributed by atoms with E-state index in [9.17, 15) is 4.79 Å². The number of morpholine rings is 1. The number of nitrogens with zero attached hydrogens (tertiary/aromatic N) is 2. The normalized spacial score (nSPS) is 15.3. The molecule has 1 unspecified atom stereocenters. The summed E-state index contributed by atoms with van der Waals surface area (Å²) < 4.78 is 5.45. The third-order valence-electron chi connectivity index (χ3n) is 6.54. The summed E-state index contributed by atoms with van der Waals surface area (Å²) in [6.45, 7) is 14.0. The lowest BCUT2D eigenvalue weighted by atomic mass is 10.1. The Labute approximate surface area is 205 Å². The van der Waals surface area contributed by atoms with E-state index in [1.54, 1.807) is 0 Å². The Hall–Kier alpha value is -2.41. The minimum Gasteiger partial charge on any atom is -0.379 e. The van der Waals surface area contributed by atoms with Crippen LogP contribution >= 0.6 is 0 Å². The Morgan fingerprint density at radius 3 is 2.21 bits per heavy atom. The summed E-state index contributed by atoms with van der Waals surface area (Å²) in [4.78, 5) is 17.4. The van der Waals surface area contributed by atoms with Gasteiger partial charge < -0.3 is 20.3 Å². The molecule has 1 saturated heterocycles. The highest BCUT2D eigenvalue weighted by Crippen LogP contribution is 2.11. The van der Waals surface area contributed by atoms with Crippen molar-refractivity contribution < 1.29 is 9.53 Å². The maximum absolute atomic E-state index is 13.1. The first kappa shape index (κ1) is 26.2. The number of hydrogen-bond donors (Lipinski definition) is 2. The molecule has 186 valence electrons. The molecule has 1 heterocycles. The van der Waals surface area contributed by atoms with Crippen molar-refractivity contribution in [3.63, 3.8) is 0 Å². The van der Waals surface area contributed by atoms with Crippen LogP contribution in [-0.2, 0) is 24.4 Å². The van der Waals surface area contributed by atoms with Gasteiger partial charge in [-0.05, 0) is 36.0 Å². The van der Waals surface area contributed by atoms with E-state index in [1.807, 2.05) is 11.0 Å². The average Bonchev–Trinajstić information content (AvgIpc) is 2.85. The maximum atomic E-state index is 13.1. The fourth-order valence-corrected chi connectivity index (χ4v) is 3.95. The number of carbonyl (C=O) groups excluding carboxylic acids is 1. The summed E-state index contributed by atoms with van der Waals surface area (Å²) in [5.41, 5.74) is 3.69. The van der Waals surface area contributed by atoms with Crippen LogP contribution in [0.5, 0.6) is 0 Å². The van der Waals surface area contributed by atoms with Crippen LogP contribution in [0.1, 0.15) is 43.9 Å². The van der Waals surface area contributed by atoms with E-state index in [0.717, 1.165) is 64.5 Å². The van der Waals surface area contributed by atoms with E-state index in [2.05, 4.69) is 84.8 Å². The maximum Gasteiger partial charge on any atom is 0.317 e. The van der Waals surface area contributed by atoms with Crippen molar-refractivity contribution in [1.82, 2.24) is 20.4 Å². The molecular weight excluding hydrogens is 424 g/mol. The van der Waals surface area contributed by atoms with Gasteiger partial charge in [0.1, 0.15) is 0 Å². The van der Waals surface area contributed by atoms with Gasteiger partial charge in [-0.3, -0.25) is 4.90 Å². The van der Waals surface area contributed by atoms with Gasteiger partial charge in [-0.2, -0.15) is 0 Å². The fourth-order valence-electron chi connectivity index (χ4n) is 3.95. The molecule has 6 nitrogen and oxygen atoms in total. The van der Waals surface area contributed by atoms with E-state index >= 15 is 0 Å². The predicted molar refractivity (Wildman–Crippen MR) is 139 cm³/mol. The topological polar surface area (TPSA) is 56.8 Å². The number of hydrogen-bond acceptors (Lipinski definition) is 4. The number of carbonyl (C=O) groups is 1. The highest BCUT2D eigenvalue weighted by Gasteiger charge is 2.18. The van der Waals surface area contributed by atoms with E-state index in [4.69, 9.17) is 4.74 Å². The molecule has 2 aromatic rings. The summed E-state index contributed by atoms with van der Waals surface area (Å²) in [6.07, 6.45) is 0.963. The second-order valence-electron chi connectivity index (χ2n) is 9.62. The van der Waals surface area contributed by atoms with Gasteiger partial charge in [0.15, 0.2) is 0 Å². The van der Waals surface area contributed by atoms with Crippen molar-refractivity contribution in [2.24, 2.45) is 5.92 Å². The molecule has 0 spiro atoms. The van der Waals surface area contributed by atoms with Crippen LogP contribution in [-0.4, -0.2) is 61.3 Å². The molecular formula is C28H42N4O2. The van der Waals surface area contributed by atoms with Crippen LogP contribution in [0.4, 0.5) is 4.79 Å². The van der Waals surface area contributed by atoms with Crippen molar-refractivity contribution in [1.29, 1.82) is 0 Å². The van der Waals surface area contributed by atoms with E-state index in [1.165, 1.54) is 11.1 Å². The van der Waals surface area contributed by atoms with Crippen LogP contribution in [0, 0.1) is 5.92 Å². The summed E-state index contributed by atoms with van der Waals surface area (Å²) in [7, 11) is 0. The van der Waals surface area contributed by atoms with Gasteiger partial charge in [-0.1, -0.05) is 68.4 Å². The highest BCUT2D eigenvalue weighted by atomic mass is 16.5. The van der Waals surface area contributed by atoms with E-state index in [-0.39, 0.29) is 12.1 Å². The number of nitrogens with one attached hydrogen (secondary N) is 2. The molecule has 1 atom stereocenters. The Morgan fingerprint density at radius 1 is 0.941 bits per heavy atom. The Balaban J connectivity index is 1.52. The zero-order chi connectivity index (χ0) is 24.2. The number of rotatable bonds is 12. The summed E-state index contributed by atoms with van der Waals surface area (Å²) in [6, 6.07) is 19.2. The predicted octanol–water partition coefficient (Wildman–Crippen LogP) is 4.25. The molecule has 1 fully saturated rings. The molecule has 3 rings (SSSR count). The van der Waals surface area contributed by atoms with Gasteiger partial charge in [0.05, 0.1) is 13.2 Å². The van der Waals surface area contributed by atoms with Crippen LogP contribution in [0.15, 0.2) is 54.6 Å². The van der Waals surface area contributed by atoms with Crippen molar-refractivity contribution >= 4 is 6.03 Å². The van der Waals surface area contributed by atoms with E-state index < -0.39 is 0 Å². The molecule has 1 aliphatic rings. The third kappa shape index (κ3) is 9.09. The molecule has 1 aliphatic heterocycles. The van der Waals surface area contributed by atoms with Gasteiger partial charge in [-0.15, -0.1) is 0 Å². The second-order valence-corrected chi connectivity index (χ2v) is 9.62. The molecule has 0 saturated carbocycles. The number of urea groups is 1. The molecule has 34 heavy (non-hydrogen) atoms. The molecule has 6 heteroatoms. The quantitative estimate of drug-likeness (QED) is 0.491. The van der Waals surface area contributed by atoms with Crippen molar-refractivity contribution in [2.75, 3.05) is 39.4 Å². The fraction of sp³-hybridized carbons (Fsp3) is 0.536. The molecule has 0 bridgehead atoms. The number of ether oxygens (including phenoxy) is 1. The second kappa shape index (κ2) is 14.1. The molecule has 2 N–H and O–H groups in total. The Morgan fingerprint density at radius 2 is 1.56 bits per heavy atom. The molecule has 0 aliphatic carbocycles.